The minimum Gasteiger partial charge on any atom is -0.463 e. The van der Waals surface area contributed by atoms with Crippen molar-refractivity contribution in [2.75, 3.05) is 26.4 Å². The minimum atomic E-state index is -2.13. The van der Waals surface area contributed by atoms with Crippen molar-refractivity contribution in [3.63, 3.8) is 0 Å². The summed E-state index contributed by atoms with van der Waals surface area (Å²) in [4.78, 5) is 152. The fourth-order valence-corrected chi connectivity index (χ4v) is 9.69. The predicted octanol–water partition coefficient (Wildman–Crippen LogP) is -2.13. The van der Waals surface area contributed by atoms with Crippen LogP contribution in [-0.4, -0.2) is 238 Å². The second kappa shape index (κ2) is 31.1. The quantitative estimate of drug-likeness (QED) is 0.0947. The van der Waals surface area contributed by atoms with Crippen LogP contribution in [-0.2, 0) is 157 Å². The van der Waals surface area contributed by atoms with Crippen LogP contribution in [0, 0.1) is 0 Å². The Morgan fingerprint density at radius 1 is 0.318 bits per heavy atom. The molecule has 478 valence electrons. The summed E-state index contributed by atoms with van der Waals surface area (Å²) < 4.78 is 122. The van der Waals surface area contributed by atoms with Crippen molar-refractivity contribution < 1.29 is 162 Å². The molecule has 1 unspecified atom stereocenters. The van der Waals surface area contributed by atoms with Gasteiger partial charge < -0.3 is 105 Å². The Labute approximate surface area is 484 Å². The van der Waals surface area contributed by atoms with E-state index in [9.17, 15) is 62.6 Å². The molecule has 5 rings (SSSR count). The summed E-state index contributed by atoms with van der Waals surface area (Å²) in [5.74, 6) is -11.7. The predicted molar refractivity (Wildman–Crippen MR) is 262 cm³/mol. The van der Waals surface area contributed by atoms with Crippen LogP contribution >= 0.6 is 0 Å². The molecular formula is C51H70O34. The van der Waals surface area contributed by atoms with Gasteiger partial charge in [0.05, 0.1) is 25.9 Å². The van der Waals surface area contributed by atoms with Crippen molar-refractivity contribution in [2.24, 2.45) is 0 Å². The lowest BCUT2D eigenvalue weighted by atomic mass is 9.95. The second-order valence-electron chi connectivity index (χ2n) is 19.6. The Morgan fingerprint density at radius 2 is 0.624 bits per heavy atom. The molecule has 0 aromatic rings. The van der Waals surface area contributed by atoms with Crippen LogP contribution in [0.25, 0.3) is 0 Å². The average molecular weight is 1230 g/mol. The molecule has 5 saturated heterocycles. The van der Waals surface area contributed by atoms with Crippen LogP contribution in [0.4, 0.5) is 0 Å². The summed E-state index contributed by atoms with van der Waals surface area (Å²) in [6.45, 7) is 10.5. The zero-order valence-corrected chi connectivity index (χ0v) is 48.4. The van der Waals surface area contributed by atoms with E-state index in [1.54, 1.807) is 0 Å². The molecule has 0 spiro atoms. The average Bonchev–Trinajstić information content (AvgIpc) is 1.47. The Hall–Kier alpha value is -6.76. The van der Waals surface area contributed by atoms with Gasteiger partial charge in [-0.05, 0) is 6.92 Å². The van der Waals surface area contributed by atoms with Crippen molar-refractivity contribution in [1.82, 2.24) is 0 Å². The third kappa shape index (κ3) is 19.6. The van der Waals surface area contributed by atoms with E-state index in [0.717, 1.165) is 83.1 Å². The number of rotatable bonds is 21. The van der Waals surface area contributed by atoms with Crippen molar-refractivity contribution in [1.29, 1.82) is 0 Å². The Morgan fingerprint density at radius 3 is 1.06 bits per heavy atom. The number of aliphatic hydroxyl groups is 1. The van der Waals surface area contributed by atoms with Crippen LogP contribution < -0.4 is 0 Å². The molecule has 0 bridgehead atoms. The monoisotopic (exact) mass is 1230 g/mol. The molecule has 0 aromatic carbocycles. The van der Waals surface area contributed by atoms with E-state index in [1.807, 2.05) is 0 Å². The number of carbonyl (C=O) groups excluding carboxylic acids is 12. The molecule has 0 amide bonds. The number of esters is 12. The minimum absolute atomic E-state index is 0.499. The van der Waals surface area contributed by atoms with Crippen LogP contribution in [0.15, 0.2) is 0 Å². The van der Waals surface area contributed by atoms with E-state index in [1.165, 1.54) is 6.92 Å². The third-order valence-electron chi connectivity index (χ3n) is 12.5. The third-order valence-corrected chi connectivity index (χ3v) is 12.5. The first kappa shape index (κ1) is 69.0. The van der Waals surface area contributed by atoms with Crippen molar-refractivity contribution in [2.45, 2.75) is 225 Å². The van der Waals surface area contributed by atoms with Gasteiger partial charge in [0.2, 0.25) is 0 Å². The fraction of sp³-hybridized carbons (Fsp3) is 0.765. The maximum Gasteiger partial charge on any atom is 0.303 e. The Balaban J connectivity index is 1.63. The molecule has 85 heavy (non-hydrogen) atoms. The van der Waals surface area contributed by atoms with Crippen LogP contribution in [0.1, 0.15) is 90.0 Å². The fourth-order valence-electron chi connectivity index (χ4n) is 9.69. The van der Waals surface area contributed by atoms with Crippen molar-refractivity contribution in [3.05, 3.63) is 0 Å². The molecule has 5 aliphatic heterocycles. The highest BCUT2D eigenvalue weighted by Gasteiger charge is 2.60. The highest BCUT2D eigenvalue weighted by molar-refractivity contribution is 5.71. The van der Waals surface area contributed by atoms with Gasteiger partial charge in [0.15, 0.2) is 105 Å². The highest BCUT2D eigenvalue weighted by atomic mass is 16.8. The number of hydrogen-bond acceptors (Lipinski definition) is 34. The molecule has 5 fully saturated rings. The lowest BCUT2D eigenvalue weighted by Crippen LogP contribution is -2.68. The second-order valence-corrected chi connectivity index (χ2v) is 19.6. The van der Waals surface area contributed by atoms with Crippen molar-refractivity contribution in [3.8, 4) is 0 Å². The molecule has 0 radical (unpaired) electrons. The summed E-state index contributed by atoms with van der Waals surface area (Å²) in [7, 11) is 0. The molecule has 1 N–H and O–H groups in total. The van der Waals surface area contributed by atoms with Crippen LogP contribution in [0.2, 0.25) is 0 Å². The first-order valence-electron chi connectivity index (χ1n) is 26.3. The summed E-state index contributed by atoms with van der Waals surface area (Å²) >= 11 is 0. The molecule has 22 atom stereocenters. The van der Waals surface area contributed by atoms with Crippen molar-refractivity contribution >= 4 is 71.6 Å². The van der Waals surface area contributed by atoms with E-state index < -0.39 is 233 Å². The Kier molecular flexibility index (Phi) is 25.2. The van der Waals surface area contributed by atoms with Gasteiger partial charge in [-0.25, -0.2) is 0 Å². The zero-order chi connectivity index (χ0) is 63.3. The highest BCUT2D eigenvalue weighted by Crippen LogP contribution is 2.39. The molecule has 5 heterocycles. The lowest BCUT2D eigenvalue weighted by molar-refractivity contribution is -0.387. The van der Waals surface area contributed by atoms with E-state index >= 15 is 0 Å². The topological polar surface area (TPSA) is 419 Å². The number of carbonyl (C=O) groups is 12. The number of ether oxygens (including phenoxy) is 21. The van der Waals surface area contributed by atoms with Gasteiger partial charge in [-0.2, -0.15) is 0 Å². The van der Waals surface area contributed by atoms with Gasteiger partial charge in [0, 0.05) is 83.1 Å². The zero-order valence-electron chi connectivity index (χ0n) is 48.4. The van der Waals surface area contributed by atoms with Gasteiger partial charge in [-0.15, -0.1) is 0 Å². The van der Waals surface area contributed by atoms with Gasteiger partial charge in [-0.3, -0.25) is 57.5 Å². The first-order chi connectivity index (χ1) is 39.8. The van der Waals surface area contributed by atoms with Gasteiger partial charge in [0.1, 0.15) is 31.0 Å². The maximum atomic E-state index is 13.3. The lowest BCUT2D eigenvalue weighted by Gasteiger charge is -2.50. The van der Waals surface area contributed by atoms with Gasteiger partial charge in [-0.1, -0.05) is 0 Å². The molecular weight excluding hydrogens is 1160 g/mol. The normalized spacial score (nSPS) is 35.4. The summed E-state index contributed by atoms with van der Waals surface area (Å²) in [5.41, 5.74) is 0. The standard InChI is InChI=1S/C51H70O34/c1-18-35(73-23(6)56)40(45(79-29(12)62)50(69-18)85-42-37(74-24(7)57)31(70-20(3)53)15-66-47(42)64)84-51-46(80-30(13)63)41(76-26(9)59)36(34(81-51)14-65-19(2)52)82-49-44(78-28(11)61)39(33(17-68-49)72-22(5)55)83-48-43(77-27(10)60)38(75-25(8)58)32(16-67-48)71-21(4)54/h18,31-51,64H,14-17H2,1-13H3/t18-,31-,32+,33-,34+,35-,36+,37-,38-,39+,40+,41-,42+,43+,44+,45+,46+,47?,48-,49-,50-,51-/m0/s1. The summed E-state index contributed by atoms with van der Waals surface area (Å²) in [6, 6.07) is 0. The van der Waals surface area contributed by atoms with E-state index in [4.69, 9.17) is 99.5 Å². The molecule has 34 heteroatoms. The molecule has 0 aliphatic carbocycles. The van der Waals surface area contributed by atoms with E-state index in [-0.39, 0.29) is 0 Å². The van der Waals surface area contributed by atoms with Crippen LogP contribution in [0.5, 0.6) is 0 Å². The first-order valence-corrected chi connectivity index (χ1v) is 26.3. The van der Waals surface area contributed by atoms with Crippen LogP contribution in [0.3, 0.4) is 0 Å². The molecule has 0 aromatic heterocycles. The SMILES string of the molecule is CC(=O)OC[C@H]1O[C@@H](O[C@@H]2[C@@H](OC(C)=O)[C@H](C)O[C@@H](O[C@H]3C(O)OC[C@H](OC(C)=O)[C@@H]3OC(C)=O)[C@@H]2OC(C)=O)[C@H](OC(C)=O)[C@@H](OC(C)=O)[C@@H]1O[C@@H]1OC[C@H](OC(C)=O)[C@@H](O[C@@H]2OC[C@@H](OC(C)=O)[C@H](OC(C)=O)[C@H]2OC(C)=O)[C@H]1OC(C)=O. The number of aliphatic hydroxyl groups excluding tert-OH is 1. The van der Waals surface area contributed by atoms with E-state index in [2.05, 4.69) is 0 Å². The molecule has 5 aliphatic rings. The van der Waals surface area contributed by atoms with Gasteiger partial charge in [0.25, 0.3) is 0 Å². The molecule has 0 saturated carbocycles. The Bertz CT molecular complexity index is 2430. The summed E-state index contributed by atoms with van der Waals surface area (Å²) in [5, 5.41) is 11.1. The largest absolute Gasteiger partial charge is 0.463 e. The molecule has 34 nitrogen and oxygen atoms in total. The number of hydrogen-bond donors (Lipinski definition) is 1. The maximum absolute atomic E-state index is 13.3. The van der Waals surface area contributed by atoms with E-state index in [0.29, 0.717) is 0 Å². The van der Waals surface area contributed by atoms with Gasteiger partial charge >= 0.3 is 71.6 Å². The smallest absolute Gasteiger partial charge is 0.303 e. The summed E-state index contributed by atoms with van der Waals surface area (Å²) in [6.07, 6.45) is -39.4.